The third-order valence-electron chi connectivity index (χ3n) is 2.38. The van der Waals surface area contributed by atoms with Gasteiger partial charge in [-0.25, -0.2) is 0 Å². The molecule has 1 N–H and O–H groups in total. The van der Waals surface area contributed by atoms with Crippen molar-refractivity contribution in [3.8, 4) is 0 Å². The van der Waals surface area contributed by atoms with E-state index in [4.69, 9.17) is 9.84 Å². The van der Waals surface area contributed by atoms with Gasteiger partial charge in [0.15, 0.2) is 0 Å². The molecule has 1 saturated heterocycles. The van der Waals surface area contributed by atoms with Crippen LogP contribution in [0, 0.1) is 5.92 Å². The van der Waals surface area contributed by atoms with Gasteiger partial charge in [0.05, 0.1) is 6.61 Å². The van der Waals surface area contributed by atoms with E-state index in [1.165, 1.54) is 0 Å². The third-order valence-corrected chi connectivity index (χ3v) is 2.38. The summed E-state index contributed by atoms with van der Waals surface area (Å²) in [6, 6.07) is 0. The quantitative estimate of drug-likeness (QED) is 0.608. The first kappa shape index (κ1) is 9.96. The van der Waals surface area contributed by atoms with E-state index < -0.39 is 0 Å². The molecule has 0 radical (unpaired) electrons. The summed E-state index contributed by atoms with van der Waals surface area (Å²) in [6.07, 6.45) is 1.14. The van der Waals surface area contributed by atoms with Crippen LogP contribution in [-0.2, 0) is 4.74 Å². The lowest BCUT2D eigenvalue weighted by Gasteiger charge is -2.14. The van der Waals surface area contributed by atoms with Gasteiger partial charge >= 0.3 is 0 Å². The Hall–Kier alpha value is -0.120. The predicted molar refractivity (Wildman–Crippen MR) is 48.1 cm³/mol. The molecular formula is C9H19NO2. The molecule has 3 nitrogen and oxygen atoms in total. The molecule has 1 atom stereocenters. The number of rotatable bonds is 5. The molecule has 1 fully saturated rings. The van der Waals surface area contributed by atoms with Crippen molar-refractivity contribution in [1.82, 2.24) is 4.90 Å². The number of aliphatic hydroxyl groups is 1. The molecule has 0 bridgehead atoms. The number of hydrogen-bond acceptors (Lipinski definition) is 3. The lowest BCUT2D eigenvalue weighted by Crippen LogP contribution is -2.25. The summed E-state index contributed by atoms with van der Waals surface area (Å²) in [5.74, 6) is 0.506. The fourth-order valence-corrected chi connectivity index (χ4v) is 1.60. The van der Waals surface area contributed by atoms with Gasteiger partial charge in [0.1, 0.15) is 0 Å². The average molecular weight is 173 g/mol. The van der Waals surface area contributed by atoms with E-state index in [1.807, 2.05) is 6.92 Å². The minimum absolute atomic E-state index is 0.338. The average Bonchev–Trinajstić information content (AvgIpc) is 2.53. The topological polar surface area (TPSA) is 32.7 Å². The second-order valence-corrected chi connectivity index (χ2v) is 3.33. The Morgan fingerprint density at radius 1 is 1.58 bits per heavy atom. The number of ether oxygens (including phenoxy) is 1. The molecule has 1 aliphatic heterocycles. The van der Waals surface area contributed by atoms with E-state index >= 15 is 0 Å². The fraction of sp³-hybridized carbons (Fsp3) is 1.00. The lowest BCUT2D eigenvalue weighted by atomic mass is 10.1. The fourth-order valence-electron chi connectivity index (χ4n) is 1.60. The van der Waals surface area contributed by atoms with E-state index in [-0.39, 0.29) is 0 Å². The maximum absolute atomic E-state index is 8.90. The predicted octanol–water partition coefficient (Wildman–Crippen LogP) is 0.337. The summed E-state index contributed by atoms with van der Waals surface area (Å²) in [5, 5.41) is 8.90. The van der Waals surface area contributed by atoms with Crippen LogP contribution in [0.5, 0.6) is 0 Å². The molecule has 0 unspecified atom stereocenters. The Balaban J connectivity index is 2.03. The molecule has 0 aromatic heterocycles. The molecule has 0 amide bonds. The second kappa shape index (κ2) is 5.51. The Kier molecular flexibility index (Phi) is 4.58. The highest BCUT2D eigenvalue weighted by Gasteiger charge is 2.20. The molecule has 12 heavy (non-hydrogen) atoms. The summed E-state index contributed by atoms with van der Waals surface area (Å²) in [7, 11) is 0. The van der Waals surface area contributed by atoms with Gasteiger partial charge in [0, 0.05) is 26.3 Å². The zero-order valence-electron chi connectivity index (χ0n) is 7.83. The molecule has 0 aliphatic carbocycles. The van der Waals surface area contributed by atoms with E-state index in [2.05, 4.69) is 4.90 Å². The molecule has 72 valence electrons. The highest BCUT2D eigenvalue weighted by molar-refractivity contribution is 4.74. The third kappa shape index (κ3) is 3.09. The molecule has 0 aromatic rings. The number of hydrogen-bond donors (Lipinski definition) is 1. The van der Waals surface area contributed by atoms with Crippen LogP contribution in [0.2, 0.25) is 0 Å². The number of likely N-dealkylation sites (tertiary alicyclic amines) is 1. The Labute approximate surface area is 74.3 Å². The highest BCUT2D eigenvalue weighted by atomic mass is 16.5. The van der Waals surface area contributed by atoms with Crippen molar-refractivity contribution in [3.63, 3.8) is 0 Å². The molecule has 0 spiro atoms. The van der Waals surface area contributed by atoms with Crippen molar-refractivity contribution in [2.75, 3.05) is 39.5 Å². The maximum Gasteiger partial charge on any atom is 0.0593 e. The summed E-state index contributed by atoms with van der Waals surface area (Å²) in [5.41, 5.74) is 0. The first-order valence-corrected chi connectivity index (χ1v) is 4.77. The van der Waals surface area contributed by atoms with Crippen LogP contribution >= 0.6 is 0 Å². The van der Waals surface area contributed by atoms with E-state index in [1.54, 1.807) is 0 Å². The van der Waals surface area contributed by atoms with Crippen LogP contribution in [-0.4, -0.2) is 49.5 Å². The number of aliphatic hydroxyl groups excluding tert-OH is 1. The smallest absolute Gasteiger partial charge is 0.0593 e. The van der Waals surface area contributed by atoms with Crippen LogP contribution in [0.15, 0.2) is 0 Å². The summed E-state index contributed by atoms with van der Waals surface area (Å²) in [4.78, 5) is 2.36. The van der Waals surface area contributed by atoms with Gasteiger partial charge < -0.3 is 14.7 Å². The zero-order valence-corrected chi connectivity index (χ0v) is 7.83. The van der Waals surface area contributed by atoms with Crippen molar-refractivity contribution in [2.45, 2.75) is 13.3 Å². The lowest BCUT2D eigenvalue weighted by molar-refractivity contribution is 0.118. The molecule has 3 heteroatoms. The Morgan fingerprint density at radius 3 is 3.00 bits per heavy atom. The van der Waals surface area contributed by atoms with Crippen molar-refractivity contribution >= 4 is 0 Å². The molecular weight excluding hydrogens is 154 g/mol. The van der Waals surface area contributed by atoms with Gasteiger partial charge in [-0.2, -0.15) is 0 Å². The van der Waals surface area contributed by atoms with Crippen LogP contribution < -0.4 is 0 Å². The molecule has 0 aromatic carbocycles. The minimum atomic E-state index is 0.338. The van der Waals surface area contributed by atoms with Crippen molar-refractivity contribution in [2.24, 2.45) is 5.92 Å². The van der Waals surface area contributed by atoms with E-state index in [0.29, 0.717) is 12.5 Å². The van der Waals surface area contributed by atoms with Crippen molar-refractivity contribution in [1.29, 1.82) is 0 Å². The number of nitrogens with zero attached hydrogens (tertiary/aromatic N) is 1. The van der Waals surface area contributed by atoms with Gasteiger partial charge in [-0.1, -0.05) is 0 Å². The SMILES string of the molecule is CCOCCN1CC[C@@H](CO)C1. The second-order valence-electron chi connectivity index (χ2n) is 3.33. The molecule has 1 aliphatic rings. The van der Waals surface area contributed by atoms with Gasteiger partial charge in [-0.05, 0) is 25.8 Å². The van der Waals surface area contributed by atoms with Crippen molar-refractivity contribution < 1.29 is 9.84 Å². The van der Waals surface area contributed by atoms with Gasteiger partial charge in [-0.3, -0.25) is 0 Å². The van der Waals surface area contributed by atoms with E-state index in [0.717, 1.165) is 39.3 Å². The first-order chi connectivity index (χ1) is 5.86. The summed E-state index contributed by atoms with van der Waals surface area (Å²) in [6.45, 7) is 7.17. The molecule has 1 rings (SSSR count). The summed E-state index contributed by atoms with van der Waals surface area (Å²) < 4.78 is 5.26. The van der Waals surface area contributed by atoms with Gasteiger partial charge in [0.2, 0.25) is 0 Å². The Morgan fingerprint density at radius 2 is 2.42 bits per heavy atom. The monoisotopic (exact) mass is 173 g/mol. The summed E-state index contributed by atoms with van der Waals surface area (Å²) >= 11 is 0. The first-order valence-electron chi connectivity index (χ1n) is 4.77. The normalized spacial score (nSPS) is 25.0. The van der Waals surface area contributed by atoms with E-state index in [9.17, 15) is 0 Å². The highest BCUT2D eigenvalue weighted by Crippen LogP contribution is 2.14. The Bertz CT molecular complexity index is 119. The zero-order chi connectivity index (χ0) is 8.81. The van der Waals surface area contributed by atoms with Crippen LogP contribution in [0.25, 0.3) is 0 Å². The van der Waals surface area contributed by atoms with Crippen LogP contribution in [0.4, 0.5) is 0 Å². The van der Waals surface area contributed by atoms with Crippen molar-refractivity contribution in [3.05, 3.63) is 0 Å². The largest absolute Gasteiger partial charge is 0.396 e. The van der Waals surface area contributed by atoms with Crippen LogP contribution in [0.1, 0.15) is 13.3 Å². The maximum atomic E-state index is 8.90. The standard InChI is InChI=1S/C9H19NO2/c1-2-12-6-5-10-4-3-9(7-10)8-11/h9,11H,2-8H2,1H3/t9-/m1/s1. The van der Waals surface area contributed by atoms with Gasteiger partial charge in [0.25, 0.3) is 0 Å². The molecule has 1 heterocycles. The van der Waals surface area contributed by atoms with Gasteiger partial charge in [-0.15, -0.1) is 0 Å². The van der Waals surface area contributed by atoms with Crippen LogP contribution in [0.3, 0.4) is 0 Å². The minimum Gasteiger partial charge on any atom is -0.396 e. The molecule has 0 saturated carbocycles.